The molecule has 0 radical (unpaired) electrons. The molecule has 230 valence electrons. The number of phenols is 1. The lowest BCUT2D eigenvalue weighted by Gasteiger charge is -2.67. The fourth-order valence-electron chi connectivity index (χ4n) is 7.70. The van der Waals surface area contributed by atoms with Crippen LogP contribution in [0.3, 0.4) is 0 Å². The number of aliphatic hydroxyl groups excluding tert-OH is 3. The predicted molar refractivity (Wildman–Crippen MR) is 140 cm³/mol. The molecule has 1 unspecified atom stereocenters. The number of esters is 2. The van der Waals surface area contributed by atoms with Gasteiger partial charge in [-0.25, -0.2) is 9.59 Å². The van der Waals surface area contributed by atoms with Gasteiger partial charge in [0, 0.05) is 12.3 Å². The number of ether oxygens (including phenoxy) is 6. The molecule has 11 atom stereocenters. The lowest BCUT2D eigenvalue weighted by atomic mass is 9.41. The highest BCUT2D eigenvalue weighted by Crippen LogP contribution is 2.81. The van der Waals surface area contributed by atoms with Gasteiger partial charge in [-0.15, -0.1) is 0 Å². The largest absolute Gasteiger partial charge is 0.508 e. The predicted octanol–water partition coefficient (Wildman–Crippen LogP) is 0.213. The van der Waals surface area contributed by atoms with Crippen LogP contribution >= 0.6 is 0 Å². The van der Waals surface area contributed by atoms with Crippen molar-refractivity contribution in [2.45, 2.75) is 73.8 Å². The van der Waals surface area contributed by atoms with Crippen molar-refractivity contribution in [2.24, 2.45) is 11.3 Å². The van der Waals surface area contributed by atoms with E-state index in [-0.39, 0.29) is 36.3 Å². The molecule has 6 bridgehead atoms. The fraction of sp³-hybridized carbons (Fsp3) is 0.533. The topological polar surface area (TPSA) is 191 Å². The molecule has 4 aliphatic heterocycles. The lowest BCUT2D eigenvalue weighted by molar-refractivity contribution is -0.424. The van der Waals surface area contributed by atoms with Crippen LogP contribution in [0.25, 0.3) is 0 Å². The van der Waals surface area contributed by atoms with Gasteiger partial charge in [0.1, 0.15) is 54.6 Å². The monoisotopic (exact) mass is 600 g/mol. The third-order valence-electron chi connectivity index (χ3n) is 9.87. The molecule has 9 rings (SSSR count). The van der Waals surface area contributed by atoms with Crippen LogP contribution in [0.5, 0.6) is 5.75 Å². The molecule has 2 aromatic carbocycles. The first kappa shape index (κ1) is 28.6. The molecule has 7 aliphatic rings. The molecule has 3 aliphatic carbocycles. The molecule has 3 saturated carbocycles. The van der Waals surface area contributed by atoms with E-state index in [1.165, 1.54) is 24.3 Å². The van der Waals surface area contributed by atoms with Crippen LogP contribution in [-0.2, 0) is 28.4 Å². The second kappa shape index (κ2) is 9.68. The summed E-state index contributed by atoms with van der Waals surface area (Å²) in [4.78, 5) is 25.4. The number of carbonyl (C=O) groups is 2. The summed E-state index contributed by atoms with van der Waals surface area (Å²) in [6.07, 6.45) is -8.57. The minimum absolute atomic E-state index is 0.0149. The Labute approximate surface area is 245 Å². The van der Waals surface area contributed by atoms with E-state index in [2.05, 4.69) is 0 Å². The number of hydrogen-bond donors (Lipinski definition) is 5. The summed E-state index contributed by atoms with van der Waals surface area (Å²) in [5, 5.41) is 53.2. The molecule has 7 fully saturated rings. The van der Waals surface area contributed by atoms with Gasteiger partial charge < -0.3 is 54.0 Å². The van der Waals surface area contributed by atoms with Crippen molar-refractivity contribution >= 4 is 11.9 Å². The van der Waals surface area contributed by atoms with E-state index < -0.39 is 83.9 Å². The maximum atomic E-state index is 12.9. The van der Waals surface area contributed by atoms with Crippen molar-refractivity contribution in [2.75, 3.05) is 13.2 Å². The number of hydrogen-bond acceptors (Lipinski definition) is 13. The Morgan fingerprint density at radius 1 is 0.907 bits per heavy atom. The van der Waals surface area contributed by atoms with E-state index in [0.717, 1.165) is 0 Å². The molecule has 4 heterocycles. The Balaban J connectivity index is 1.12. The SMILES string of the molecule is C[C@@]12C[C@@]3(O)O[C@H](O1)C1(COC(=O)c4ccc(O)cc4)[C@@H]3C[C@]12O[C@@H]1O[C@H](COC(=O)c2ccccc2)[C@@H](O)[C@@H](O)[C@H]1O. The van der Waals surface area contributed by atoms with E-state index in [1.807, 2.05) is 0 Å². The van der Waals surface area contributed by atoms with Gasteiger partial charge in [-0.1, -0.05) is 18.2 Å². The number of aromatic hydroxyl groups is 1. The minimum Gasteiger partial charge on any atom is -0.508 e. The van der Waals surface area contributed by atoms with Crippen LogP contribution in [0.2, 0.25) is 0 Å². The first-order valence-corrected chi connectivity index (χ1v) is 14.1. The van der Waals surface area contributed by atoms with Gasteiger partial charge in [0.2, 0.25) is 0 Å². The van der Waals surface area contributed by atoms with E-state index in [1.54, 1.807) is 37.3 Å². The highest BCUT2D eigenvalue weighted by atomic mass is 16.8. The first-order valence-electron chi connectivity index (χ1n) is 14.1. The second-order valence-electron chi connectivity index (χ2n) is 12.2. The summed E-state index contributed by atoms with van der Waals surface area (Å²) in [6.45, 7) is 1.01. The number of rotatable bonds is 8. The molecule has 0 aromatic heterocycles. The number of aliphatic hydroxyl groups is 4. The van der Waals surface area contributed by atoms with Crippen LogP contribution in [0.15, 0.2) is 54.6 Å². The lowest BCUT2D eigenvalue weighted by Crippen LogP contribution is -2.80. The summed E-state index contributed by atoms with van der Waals surface area (Å²) in [5.74, 6) is -3.46. The highest BCUT2D eigenvalue weighted by molar-refractivity contribution is 5.90. The number of carbonyl (C=O) groups excluding carboxylic acids is 2. The van der Waals surface area contributed by atoms with E-state index in [9.17, 15) is 35.1 Å². The highest BCUT2D eigenvalue weighted by Gasteiger charge is 2.94. The Morgan fingerprint density at radius 2 is 1.58 bits per heavy atom. The minimum atomic E-state index is -1.71. The molecule has 0 spiro atoms. The molecular formula is C30H32O13. The summed E-state index contributed by atoms with van der Waals surface area (Å²) in [7, 11) is 0. The standard InChI is InChI=1S/C30H32O13/c1-27-13-29(37)19-11-30(27,28(19,26(42-27)43-29)14-39-24(36)16-7-9-17(31)10-8-16)41-25-22(34)21(33)20(32)18(40-25)12-38-23(35)15-5-3-2-4-6-15/h2-10,18-22,25-26,31-34,37H,11-14H2,1H3/t18-,19+,20-,21-,22-,25+,26+,27+,28?,29-,30-/m1/s1. The van der Waals surface area contributed by atoms with Crippen molar-refractivity contribution in [3.05, 3.63) is 65.7 Å². The average Bonchev–Trinajstić information content (AvgIpc) is 3.18. The maximum Gasteiger partial charge on any atom is 0.338 e. The van der Waals surface area contributed by atoms with Crippen LogP contribution in [0.4, 0.5) is 0 Å². The van der Waals surface area contributed by atoms with Gasteiger partial charge in [-0.2, -0.15) is 0 Å². The molecule has 4 saturated heterocycles. The zero-order valence-electron chi connectivity index (χ0n) is 23.1. The zero-order valence-corrected chi connectivity index (χ0v) is 23.1. The van der Waals surface area contributed by atoms with E-state index in [0.29, 0.717) is 0 Å². The van der Waals surface area contributed by atoms with Gasteiger partial charge >= 0.3 is 11.9 Å². The Bertz CT molecular complexity index is 1420. The van der Waals surface area contributed by atoms with Gasteiger partial charge in [0.25, 0.3) is 0 Å². The summed E-state index contributed by atoms with van der Waals surface area (Å²) in [6, 6.07) is 13.7. The van der Waals surface area contributed by atoms with E-state index >= 15 is 0 Å². The Kier molecular flexibility index (Phi) is 6.44. The molecule has 13 nitrogen and oxygen atoms in total. The second-order valence-corrected chi connectivity index (χ2v) is 12.2. The molecule has 5 N–H and O–H groups in total. The van der Waals surface area contributed by atoms with Crippen molar-refractivity contribution in [3.8, 4) is 5.75 Å². The molecular weight excluding hydrogens is 568 g/mol. The van der Waals surface area contributed by atoms with Gasteiger partial charge in [0.15, 0.2) is 18.4 Å². The normalized spacial score (nSPS) is 43.7. The van der Waals surface area contributed by atoms with Crippen LogP contribution in [0, 0.1) is 11.3 Å². The van der Waals surface area contributed by atoms with Crippen molar-refractivity contribution < 1.29 is 63.5 Å². The van der Waals surface area contributed by atoms with Gasteiger partial charge in [-0.3, -0.25) is 0 Å². The van der Waals surface area contributed by atoms with Crippen LogP contribution in [0.1, 0.15) is 40.5 Å². The third-order valence-corrected chi connectivity index (χ3v) is 9.87. The van der Waals surface area contributed by atoms with Crippen molar-refractivity contribution in [1.82, 2.24) is 0 Å². The van der Waals surface area contributed by atoms with Crippen molar-refractivity contribution in [3.63, 3.8) is 0 Å². The van der Waals surface area contributed by atoms with E-state index in [4.69, 9.17) is 28.4 Å². The van der Waals surface area contributed by atoms with Crippen LogP contribution in [-0.4, -0.2) is 105 Å². The quantitative estimate of drug-likeness (QED) is 0.259. The molecule has 13 heteroatoms. The number of phenolic OH excluding ortho intramolecular Hbond substituents is 1. The first-order chi connectivity index (χ1) is 20.4. The van der Waals surface area contributed by atoms with Gasteiger partial charge in [0.05, 0.1) is 16.5 Å². The zero-order chi connectivity index (χ0) is 30.4. The molecule has 43 heavy (non-hydrogen) atoms. The van der Waals surface area contributed by atoms with Gasteiger partial charge in [-0.05, 0) is 49.7 Å². The molecule has 0 amide bonds. The van der Waals surface area contributed by atoms with Crippen molar-refractivity contribution in [1.29, 1.82) is 0 Å². The average molecular weight is 601 g/mol. The smallest absolute Gasteiger partial charge is 0.338 e. The van der Waals surface area contributed by atoms with Crippen LogP contribution < -0.4 is 0 Å². The fourth-order valence-corrected chi connectivity index (χ4v) is 7.70. The summed E-state index contributed by atoms with van der Waals surface area (Å²) >= 11 is 0. The number of benzene rings is 2. The summed E-state index contributed by atoms with van der Waals surface area (Å²) < 4.78 is 35.6. The summed E-state index contributed by atoms with van der Waals surface area (Å²) in [5.41, 5.74) is -3.18. The molecule has 2 aromatic rings. The maximum absolute atomic E-state index is 12.9. The Morgan fingerprint density at radius 3 is 2.30 bits per heavy atom. The third kappa shape index (κ3) is 3.93. The Hall–Kier alpha value is -3.14.